The van der Waals surface area contributed by atoms with Crippen molar-refractivity contribution in [1.29, 1.82) is 0 Å². The Labute approximate surface area is 101 Å². The minimum absolute atomic E-state index is 0.535. The van der Waals surface area contributed by atoms with Crippen LogP contribution in [0, 0.1) is 23.7 Å². The van der Waals surface area contributed by atoms with Crippen molar-refractivity contribution in [2.24, 2.45) is 29.5 Å². The highest BCUT2D eigenvalue weighted by Crippen LogP contribution is 2.35. The first-order valence-electron chi connectivity index (χ1n) is 7.00. The van der Waals surface area contributed by atoms with Crippen LogP contribution in [0.2, 0.25) is 0 Å². The smallest absolute Gasteiger partial charge is 0.0241 e. The molecule has 0 bridgehead atoms. The number of hydrazine groups is 1. The molecule has 0 radical (unpaired) electrons. The molecule has 1 rings (SSSR count). The molecule has 16 heavy (non-hydrogen) atoms. The van der Waals surface area contributed by atoms with Gasteiger partial charge in [0, 0.05) is 6.04 Å². The van der Waals surface area contributed by atoms with E-state index in [9.17, 15) is 0 Å². The van der Waals surface area contributed by atoms with Gasteiger partial charge in [0.05, 0.1) is 0 Å². The lowest BCUT2D eigenvalue weighted by molar-refractivity contribution is 0.177. The Kier molecular flexibility index (Phi) is 5.77. The van der Waals surface area contributed by atoms with Crippen LogP contribution in [0.5, 0.6) is 0 Å². The van der Waals surface area contributed by atoms with Crippen LogP contribution in [-0.4, -0.2) is 6.04 Å². The second kappa shape index (κ2) is 6.61. The van der Waals surface area contributed by atoms with Crippen molar-refractivity contribution in [3.05, 3.63) is 0 Å². The molecule has 1 aliphatic rings. The zero-order valence-electron chi connectivity index (χ0n) is 11.5. The first-order chi connectivity index (χ1) is 7.54. The summed E-state index contributed by atoms with van der Waals surface area (Å²) in [6, 6.07) is 0.535. The molecule has 0 saturated heterocycles. The Morgan fingerprint density at radius 3 is 1.88 bits per heavy atom. The van der Waals surface area contributed by atoms with E-state index in [1.54, 1.807) is 0 Å². The van der Waals surface area contributed by atoms with Crippen LogP contribution in [0.1, 0.15) is 59.8 Å². The number of hydrogen-bond acceptors (Lipinski definition) is 2. The molecule has 0 aromatic carbocycles. The van der Waals surface area contributed by atoms with Crippen LogP contribution in [0.15, 0.2) is 0 Å². The summed E-state index contributed by atoms with van der Waals surface area (Å²) >= 11 is 0. The molecule has 1 saturated carbocycles. The molecule has 0 aromatic rings. The van der Waals surface area contributed by atoms with Gasteiger partial charge in [0.15, 0.2) is 0 Å². The second-order valence-corrected chi connectivity index (χ2v) is 6.32. The zero-order valence-corrected chi connectivity index (χ0v) is 11.5. The van der Waals surface area contributed by atoms with Crippen molar-refractivity contribution in [3.63, 3.8) is 0 Å². The fraction of sp³-hybridized carbons (Fsp3) is 1.00. The van der Waals surface area contributed by atoms with E-state index in [1.165, 1.54) is 32.1 Å². The molecule has 0 amide bonds. The van der Waals surface area contributed by atoms with Crippen molar-refractivity contribution in [2.75, 3.05) is 0 Å². The highest BCUT2D eigenvalue weighted by Gasteiger charge is 2.28. The molecular formula is C14H30N2. The van der Waals surface area contributed by atoms with E-state index < -0.39 is 0 Å². The van der Waals surface area contributed by atoms with Gasteiger partial charge in [0.2, 0.25) is 0 Å². The maximum Gasteiger partial charge on any atom is 0.0241 e. The van der Waals surface area contributed by atoms with Gasteiger partial charge in [0.25, 0.3) is 0 Å². The van der Waals surface area contributed by atoms with Crippen LogP contribution in [0.25, 0.3) is 0 Å². The predicted molar refractivity (Wildman–Crippen MR) is 70.9 cm³/mol. The average Bonchev–Trinajstić information content (AvgIpc) is 2.25. The largest absolute Gasteiger partial charge is 0.271 e. The van der Waals surface area contributed by atoms with Crippen LogP contribution in [0.3, 0.4) is 0 Å². The van der Waals surface area contributed by atoms with E-state index in [-0.39, 0.29) is 0 Å². The molecule has 2 heteroatoms. The maximum atomic E-state index is 5.70. The van der Waals surface area contributed by atoms with E-state index >= 15 is 0 Å². The summed E-state index contributed by atoms with van der Waals surface area (Å²) in [5, 5.41) is 0. The summed E-state index contributed by atoms with van der Waals surface area (Å²) in [7, 11) is 0. The van der Waals surface area contributed by atoms with Gasteiger partial charge < -0.3 is 0 Å². The Morgan fingerprint density at radius 1 is 1.00 bits per heavy atom. The highest BCUT2D eigenvalue weighted by molar-refractivity contribution is 4.82. The normalized spacial score (nSPS) is 28.7. The molecule has 0 aliphatic heterocycles. The fourth-order valence-electron chi connectivity index (χ4n) is 3.12. The van der Waals surface area contributed by atoms with Crippen LogP contribution in [0.4, 0.5) is 0 Å². The van der Waals surface area contributed by atoms with Gasteiger partial charge in [-0.15, -0.1) is 0 Å². The van der Waals surface area contributed by atoms with Gasteiger partial charge in [-0.1, -0.05) is 27.7 Å². The Balaban J connectivity index is 2.38. The SMILES string of the molecule is CC(C)CC(NN)C1CCC(C(C)C)CC1. The Morgan fingerprint density at radius 2 is 1.50 bits per heavy atom. The molecule has 1 aliphatic carbocycles. The second-order valence-electron chi connectivity index (χ2n) is 6.32. The molecule has 2 nitrogen and oxygen atoms in total. The maximum absolute atomic E-state index is 5.70. The van der Waals surface area contributed by atoms with Crippen LogP contribution in [-0.2, 0) is 0 Å². The van der Waals surface area contributed by atoms with Crippen LogP contribution < -0.4 is 11.3 Å². The topological polar surface area (TPSA) is 38.0 Å². The van der Waals surface area contributed by atoms with Crippen molar-refractivity contribution < 1.29 is 0 Å². The van der Waals surface area contributed by atoms with Crippen molar-refractivity contribution in [2.45, 2.75) is 65.8 Å². The lowest BCUT2D eigenvalue weighted by Gasteiger charge is -2.35. The van der Waals surface area contributed by atoms with Gasteiger partial charge in [0.1, 0.15) is 0 Å². The summed E-state index contributed by atoms with van der Waals surface area (Å²) in [5.74, 6) is 9.05. The highest BCUT2D eigenvalue weighted by atomic mass is 15.2. The van der Waals surface area contributed by atoms with E-state index in [2.05, 4.69) is 33.1 Å². The number of nitrogens with two attached hydrogens (primary N) is 1. The summed E-state index contributed by atoms with van der Waals surface area (Å²) in [6.07, 6.45) is 6.75. The molecule has 1 unspecified atom stereocenters. The van der Waals surface area contributed by atoms with Crippen molar-refractivity contribution in [1.82, 2.24) is 5.43 Å². The van der Waals surface area contributed by atoms with Gasteiger partial charge in [-0.25, -0.2) is 0 Å². The monoisotopic (exact) mass is 226 g/mol. The third kappa shape index (κ3) is 4.06. The first kappa shape index (κ1) is 14.0. The van der Waals surface area contributed by atoms with Gasteiger partial charge in [-0.05, 0) is 55.8 Å². The van der Waals surface area contributed by atoms with Gasteiger partial charge >= 0.3 is 0 Å². The predicted octanol–water partition coefficient (Wildman–Crippen LogP) is 3.33. The third-order valence-corrected chi connectivity index (χ3v) is 4.27. The number of hydrogen-bond donors (Lipinski definition) is 2. The summed E-state index contributed by atoms with van der Waals surface area (Å²) < 4.78 is 0. The molecule has 0 heterocycles. The minimum atomic E-state index is 0.535. The molecular weight excluding hydrogens is 196 g/mol. The molecule has 1 atom stereocenters. The number of rotatable bonds is 5. The fourth-order valence-corrected chi connectivity index (χ4v) is 3.12. The van der Waals surface area contributed by atoms with E-state index in [0.717, 1.165) is 23.7 Å². The summed E-state index contributed by atoms with van der Waals surface area (Å²) in [4.78, 5) is 0. The standard InChI is InChI=1S/C14H30N2/c1-10(2)9-14(16-15)13-7-5-12(6-8-13)11(3)4/h10-14,16H,5-9,15H2,1-4H3. The molecule has 1 fully saturated rings. The van der Waals surface area contributed by atoms with Gasteiger partial charge in [-0.2, -0.15) is 0 Å². The van der Waals surface area contributed by atoms with E-state index in [0.29, 0.717) is 6.04 Å². The Bertz CT molecular complexity index is 181. The molecule has 0 aromatic heterocycles. The Hall–Kier alpha value is -0.0800. The summed E-state index contributed by atoms with van der Waals surface area (Å²) in [6.45, 7) is 9.28. The molecule has 3 N–H and O–H groups in total. The average molecular weight is 226 g/mol. The summed E-state index contributed by atoms with van der Waals surface area (Å²) in [5.41, 5.74) is 3.05. The van der Waals surface area contributed by atoms with Gasteiger partial charge in [-0.3, -0.25) is 11.3 Å². The minimum Gasteiger partial charge on any atom is -0.271 e. The zero-order chi connectivity index (χ0) is 12.1. The van der Waals surface area contributed by atoms with E-state index in [4.69, 9.17) is 5.84 Å². The first-order valence-corrected chi connectivity index (χ1v) is 7.00. The molecule has 0 spiro atoms. The lowest BCUT2D eigenvalue weighted by atomic mass is 9.73. The quantitative estimate of drug-likeness (QED) is 0.557. The number of nitrogens with one attached hydrogen (secondary N) is 1. The molecule has 96 valence electrons. The van der Waals surface area contributed by atoms with E-state index in [1.807, 2.05) is 0 Å². The lowest BCUT2D eigenvalue weighted by Crippen LogP contribution is -2.43. The van der Waals surface area contributed by atoms with Crippen molar-refractivity contribution >= 4 is 0 Å². The van der Waals surface area contributed by atoms with Crippen LogP contribution >= 0.6 is 0 Å². The third-order valence-electron chi connectivity index (χ3n) is 4.27. The van der Waals surface area contributed by atoms with Crippen molar-refractivity contribution in [3.8, 4) is 0 Å².